The van der Waals surface area contributed by atoms with Crippen LogP contribution in [0.3, 0.4) is 0 Å². The van der Waals surface area contributed by atoms with Crippen LogP contribution in [-0.4, -0.2) is 9.97 Å². The summed E-state index contributed by atoms with van der Waals surface area (Å²) in [5.74, 6) is 0.626. The van der Waals surface area contributed by atoms with E-state index >= 15 is 0 Å². The van der Waals surface area contributed by atoms with E-state index in [4.69, 9.17) is 5.26 Å². The maximum atomic E-state index is 8.91. The fourth-order valence-electron chi connectivity index (χ4n) is 1.94. The summed E-state index contributed by atoms with van der Waals surface area (Å²) >= 11 is 3.41. The van der Waals surface area contributed by atoms with Crippen LogP contribution in [0.1, 0.15) is 5.56 Å². The molecule has 0 spiro atoms. The molecule has 20 heavy (non-hydrogen) atoms. The highest BCUT2D eigenvalue weighted by atomic mass is 79.9. The van der Waals surface area contributed by atoms with E-state index in [9.17, 15) is 0 Å². The molecule has 1 N–H and O–H groups in total. The van der Waals surface area contributed by atoms with E-state index < -0.39 is 0 Å². The first-order chi connectivity index (χ1) is 9.76. The number of benzene rings is 1. The van der Waals surface area contributed by atoms with Gasteiger partial charge in [-0.3, -0.25) is 4.98 Å². The lowest BCUT2D eigenvalue weighted by molar-refractivity contribution is 1.29. The van der Waals surface area contributed by atoms with Crippen molar-refractivity contribution in [3.05, 3.63) is 58.8 Å². The average Bonchev–Trinajstić information content (AvgIpc) is 2.47. The lowest BCUT2D eigenvalue weighted by Gasteiger charge is -2.08. The number of nitrogens with one attached hydrogen (secondary N) is 1. The predicted molar refractivity (Wildman–Crippen MR) is 81.7 cm³/mol. The molecule has 96 valence electrons. The van der Waals surface area contributed by atoms with Crippen LogP contribution in [0.15, 0.2) is 53.3 Å². The molecule has 0 aliphatic carbocycles. The molecule has 2 heterocycles. The summed E-state index contributed by atoms with van der Waals surface area (Å²) < 4.78 is 0.937. The second-order valence-corrected chi connectivity index (χ2v) is 5.11. The van der Waals surface area contributed by atoms with Crippen molar-refractivity contribution in [2.45, 2.75) is 0 Å². The van der Waals surface area contributed by atoms with Crippen LogP contribution in [0.2, 0.25) is 0 Å². The zero-order chi connectivity index (χ0) is 13.9. The van der Waals surface area contributed by atoms with Crippen LogP contribution in [0.25, 0.3) is 10.9 Å². The summed E-state index contributed by atoms with van der Waals surface area (Å²) in [6.07, 6.45) is 3.36. The predicted octanol–water partition coefficient (Wildman–Crippen LogP) is 4.01. The van der Waals surface area contributed by atoms with Gasteiger partial charge in [0, 0.05) is 22.3 Å². The Morgan fingerprint density at radius 1 is 1.15 bits per heavy atom. The number of rotatable bonds is 2. The highest BCUT2D eigenvalue weighted by Crippen LogP contribution is 2.26. The first-order valence-electron chi connectivity index (χ1n) is 5.94. The van der Waals surface area contributed by atoms with Crippen molar-refractivity contribution >= 4 is 38.3 Å². The van der Waals surface area contributed by atoms with Crippen LogP contribution < -0.4 is 5.32 Å². The quantitative estimate of drug-likeness (QED) is 0.773. The van der Waals surface area contributed by atoms with Crippen LogP contribution in [0.4, 0.5) is 11.5 Å². The molecule has 3 rings (SSSR count). The van der Waals surface area contributed by atoms with Crippen molar-refractivity contribution in [3.8, 4) is 6.07 Å². The van der Waals surface area contributed by atoms with Crippen molar-refractivity contribution in [2.24, 2.45) is 0 Å². The van der Waals surface area contributed by atoms with Crippen molar-refractivity contribution in [2.75, 3.05) is 5.32 Å². The van der Waals surface area contributed by atoms with Gasteiger partial charge >= 0.3 is 0 Å². The first kappa shape index (κ1) is 12.6. The van der Waals surface area contributed by atoms with E-state index in [0.717, 1.165) is 21.1 Å². The summed E-state index contributed by atoms with van der Waals surface area (Å²) in [4.78, 5) is 8.63. The van der Waals surface area contributed by atoms with Gasteiger partial charge in [0.2, 0.25) is 0 Å². The third kappa shape index (κ3) is 2.46. The molecule has 0 aliphatic rings. The van der Waals surface area contributed by atoms with Gasteiger partial charge in [0.1, 0.15) is 5.82 Å². The third-order valence-electron chi connectivity index (χ3n) is 2.83. The Hall–Kier alpha value is -2.45. The number of nitrogens with zero attached hydrogens (tertiary/aromatic N) is 3. The van der Waals surface area contributed by atoms with Crippen molar-refractivity contribution in [1.82, 2.24) is 9.97 Å². The molecule has 0 bridgehead atoms. The molecule has 0 aliphatic heterocycles. The fourth-order valence-corrected chi connectivity index (χ4v) is 2.29. The summed E-state index contributed by atoms with van der Waals surface area (Å²) in [6.45, 7) is 0. The average molecular weight is 325 g/mol. The molecular formula is C15H9BrN4. The smallest absolute Gasteiger partial charge is 0.131 e. The van der Waals surface area contributed by atoms with Crippen molar-refractivity contribution in [1.29, 1.82) is 5.26 Å². The lowest BCUT2D eigenvalue weighted by Crippen LogP contribution is -1.95. The van der Waals surface area contributed by atoms with E-state index in [1.807, 2.05) is 24.3 Å². The number of para-hydroxylation sites is 1. The Kier molecular flexibility index (Phi) is 3.32. The van der Waals surface area contributed by atoms with Crippen LogP contribution in [-0.2, 0) is 0 Å². The lowest BCUT2D eigenvalue weighted by atomic mass is 10.2. The molecule has 0 fully saturated rings. The Morgan fingerprint density at radius 3 is 2.90 bits per heavy atom. The molecule has 0 amide bonds. The Bertz CT molecular complexity index is 823. The van der Waals surface area contributed by atoms with E-state index in [2.05, 4.69) is 37.3 Å². The van der Waals surface area contributed by atoms with Gasteiger partial charge in [-0.25, -0.2) is 4.98 Å². The molecule has 2 aromatic heterocycles. The maximum absolute atomic E-state index is 8.91. The highest BCUT2D eigenvalue weighted by molar-refractivity contribution is 9.10. The number of hydrogen-bond acceptors (Lipinski definition) is 4. The molecule has 0 atom stereocenters. The van der Waals surface area contributed by atoms with Gasteiger partial charge in [0.15, 0.2) is 0 Å². The van der Waals surface area contributed by atoms with E-state index in [0.29, 0.717) is 11.4 Å². The number of hydrogen-bond donors (Lipinski definition) is 1. The monoisotopic (exact) mass is 324 g/mol. The number of aromatic nitrogens is 2. The van der Waals surface area contributed by atoms with E-state index in [1.165, 1.54) is 0 Å². The molecule has 0 unspecified atom stereocenters. The maximum Gasteiger partial charge on any atom is 0.131 e. The molecule has 3 aromatic rings. The van der Waals surface area contributed by atoms with Crippen LogP contribution >= 0.6 is 15.9 Å². The molecule has 1 aromatic carbocycles. The van der Waals surface area contributed by atoms with Crippen LogP contribution in [0.5, 0.6) is 0 Å². The standard InChI is InChI=1S/C15H9BrN4/c16-12-7-11-2-1-3-13(15(11)19-9-12)20-14-6-10(8-17)4-5-18-14/h1-7,9H,(H,18,20). The Balaban J connectivity index is 2.04. The van der Waals surface area contributed by atoms with Gasteiger partial charge in [-0.2, -0.15) is 5.26 Å². The first-order valence-corrected chi connectivity index (χ1v) is 6.73. The van der Waals surface area contributed by atoms with Crippen molar-refractivity contribution in [3.63, 3.8) is 0 Å². The van der Waals surface area contributed by atoms with Crippen LogP contribution in [0, 0.1) is 11.3 Å². The molecule has 4 nitrogen and oxygen atoms in total. The van der Waals surface area contributed by atoms with Gasteiger partial charge in [0.25, 0.3) is 0 Å². The zero-order valence-electron chi connectivity index (χ0n) is 10.3. The minimum Gasteiger partial charge on any atom is -0.338 e. The number of nitriles is 1. The summed E-state index contributed by atoms with van der Waals surface area (Å²) in [6, 6.07) is 13.4. The zero-order valence-corrected chi connectivity index (χ0v) is 11.9. The Labute approximate surface area is 124 Å². The summed E-state index contributed by atoms with van der Waals surface area (Å²) in [5.41, 5.74) is 2.29. The third-order valence-corrected chi connectivity index (χ3v) is 3.26. The normalized spacial score (nSPS) is 10.2. The molecule has 5 heteroatoms. The summed E-state index contributed by atoms with van der Waals surface area (Å²) in [7, 11) is 0. The largest absolute Gasteiger partial charge is 0.338 e. The van der Waals surface area contributed by atoms with E-state index in [-0.39, 0.29) is 0 Å². The minimum absolute atomic E-state index is 0.568. The molecular weight excluding hydrogens is 316 g/mol. The number of pyridine rings is 2. The van der Waals surface area contributed by atoms with Gasteiger partial charge in [0.05, 0.1) is 22.8 Å². The fraction of sp³-hybridized carbons (Fsp3) is 0. The van der Waals surface area contributed by atoms with Crippen molar-refractivity contribution < 1.29 is 0 Å². The second kappa shape index (κ2) is 5.27. The molecule has 0 radical (unpaired) electrons. The highest BCUT2D eigenvalue weighted by Gasteiger charge is 2.04. The number of anilines is 2. The van der Waals surface area contributed by atoms with Gasteiger partial charge in [-0.1, -0.05) is 12.1 Å². The molecule has 0 saturated heterocycles. The topological polar surface area (TPSA) is 61.6 Å². The van der Waals surface area contributed by atoms with Gasteiger partial charge in [-0.15, -0.1) is 0 Å². The Morgan fingerprint density at radius 2 is 2.05 bits per heavy atom. The SMILES string of the molecule is N#Cc1ccnc(Nc2cccc3cc(Br)cnc23)c1. The van der Waals surface area contributed by atoms with Gasteiger partial charge in [-0.05, 0) is 40.2 Å². The minimum atomic E-state index is 0.568. The second-order valence-electron chi connectivity index (χ2n) is 4.20. The van der Waals surface area contributed by atoms with E-state index in [1.54, 1.807) is 24.5 Å². The number of fused-ring (bicyclic) bond motifs is 1. The molecule has 0 saturated carbocycles. The van der Waals surface area contributed by atoms with Gasteiger partial charge < -0.3 is 5.32 Å². The summed E-state index contributed by atoms with van der Waals surface area (Å²) in [5, 5.41) is 13.1. The number of halogens is 1.